The first-order valence-corrected chi connectivity index (χ1v) is 17.6. The van der Waals surface area contributed by atoms with Gasteiger partial charge in [-0.2, -0.15) is 0 Å². The monoisotopic (exact) mass is 703 g/mol. The molecule has 9 nitrogen and oxygen atoms in total. The topological polar surface area (TPSA) is 108 Å². The van der Waals surface area contributed by atoms with Crippen LogP contribution in [0.3, 0.4) is 0 Å². The van der Waals surface area contributed by atoms with Gasteiger partial charge in [-0.1, -0.05) is 65.7 Å². The number of anilines is 2. The van der Waals surface area contributed by atoms with Gasteiger partial charge in [0.25, 0.3) is 5.91 Å². The van der Waals surface area contributed by atoms with Crippen molar-refractivity contribution in [3.8, 4) is 22.5 Å². The van der Waals surface area contributed by atoms with E-state index in [0.29, 0.717) is 53.2 Å². The number of carbonyl (C=O) groups excluding carboxylic acids is 2. The van der Waals surface area contributed by atoms with Crippen LogP contribution in [0.5, 0.6) is 0 Å². The Bertz CT molecular complexity index is 2240. The zero-order valence-electron chi connectivity index (χ0n) is 27.6. The van der Waals surface area contributed by atoms with Gasteiger partial charge in [-0.05, 0) is 74.2 Å². The first kappa shape index (κ1) is 32.1. The van der Waals surface area contributed by atoms with Crippen LogP contribution in [-0.4, -0.2) is 50.5 Å². The van der Waals surface area contributed by atoms with E-state index >= 15 is 0 Å². The number of piperidine rings is 1. The molecule has 2 aliphatic heterocycles. The molecular formula is C39H35Cl2N7O2. The lowest BCUT2D eigenvalue weighted by Gasteiger charge is -2.33. The first-order valence-electron chi connectivity index (χ1n) is 16.8. The number of aromatic amines is 1. The Morgan fingerprint density at radius 3 is 2.42 bits per heavy atom. The predicted molar refractivity (Wildman–Crippen MR) is 199 cm³/mol. The van der Waals surface area contributed by atoms with Gasteiger partial charge < -0.3 is 25.1 Å². The molecule has 0 bridgehead atoms. The number of nitrogens with one attached hydrogen (secondary N) is 3. The van der Waals surface area contributed by atoms with Crippen molar-refractivity contribution in [2.24, 2.45) is 5.92 Å². The van der Waals surface area contributed by atoms with E-state index in [9.17, 15) is 9.59 Å². The second-order valence-corrected chi connectivity index (χ2v) is 14.1. The summed E-state index contributed by atoms with van der Waals surface area (Å²) in [6.07, 6.45) is 4.98. The molecule has 2 amide bonds. The van der Waals surface area contributed by atoms with Crippen molar-refractivity contribution >= 4 is 57.4 Å². The number of amides is 2. The van der Waals surface area contributed by atoms with E-state index < -0.39 is 0 Å². The van der Waals surface area contributed by atoms with Crippen molar-refractivity contribution in [2.45, 2.75) is 38.8 Å². The van der Waals surface area contributed by atoms with Crippen molar-refractivity contribution in [1.29, 1.82) is 0 Å². The summed E-state index contributed by atoms with van der Waals surface area (Å²) in [5.74, 6) is 0.412. The minimum absolute atomic E-state index is 0.0452. The molecule has 5 heterocycles. The SMILES string of the molecule is CC(C)NC(=O)C1CCN(c2ncccc2NC(=O)c2[nH]c3cc(Cl)cc4c3c2-c2c(-c3ccccc3)ncn2[C@@H]4c2ccc(Cl)cc2)CC1. The van der Waals surface area contributed by atoms with Gasteiger partial charge in [0.05, 0.1) is 29.4 Å². The fourth-order valence-electron chi connectivity index (χ4n) is 7.38. The van der Waals surface area contributed by atoms with Gasteiger partial charge >= 0.3 is 0 Å². The molecule has 3 aromatic carbocycles. The van der Waals surface area contributed by atoms with Gasteiger partial charge in [0.1, 0.15) is 5.69 Å². The smallest absolute Gasteiger partial charge is 0.272 e. The van der Waals surface area contributed by atoms with Crippen molar-refractivity contribution in [1.82, 2.24) is 24.8 Å². The number of pyridine rings is 1. The Morgan fingerprint density at radius 1 is 0.920 bits per heavy atom. The summed E-state index contributed by atoms with van der Waals surface area (Å²) in [7, 11) is 0. The van der Waals surface area contributed by atoms with Crippen LogP contribution in [0.2, 0.25) is 10.0 Å². The third-order valence-corrected chi connectivity index (χ3v) is 10.1. The number of aromatic nitrogens is 4. The maximum atomic E-state index is 14.5. The van der Waals surface area contributed by atoms with E-state index in [4.69, 9.17) is 28.2 Å². The standard InChI is InChI=1S/C39H35Cl2N7O2/c1-22(2)44-38(49)25-14-17-47(18-15-25)37-29(9-6-16-42-37)46-39(50)34-32-31-28(19-27(41)20-30(31)45-34)35(24-10-12-26(40)13-11-24)48-21-43-33(36(32)48)23-7-4-3-5-8-23/h3-13,16,19-22,25,35,45H,14-15,17-18H2,1-2H3,(H,44,49)(H,46,50)/t35-/m1/s1. The molecule has 252 valence electrons. The molecule has 1 fully saturated rings. The van der Waals surface area contributed by atoms with Gasteiger partial charge in [0.2, 0.25) is 5.91 Å². The average molecular weight is 705 g/mol. The Balaban J connectivity index is 1.21. The highest BCUT2D eigenvalue weighted by atomic mass is 35.5. The van der Waals surface area contributed by atoms with Crippen molar-refractivity contribution in [2.75, 3.05) is 23.3 Å². The van der Waals surface area contributed by atoms with Crippen LogP contribution in [-0.2, 0) is 4.79 Å². The molecule has 2 aliphatic rings. The van der Waals surface area contributed by atoms with E-state index in [1.165, 1.54) is 0 Å². The number of carbonyl (C=O) groups is 2. The second-order valence-electron chi connectivity index (χ2n) is 13.2. The Morgan fingerprint density at radius 2 is 1.68 bits per heavy atom. The van der Waals surface area contributed by atoms with Gasteiger partial charge in [-0.25, -0.2) is 9.97 Å². The number of nitrogens with zero attached hydrogens (tertiary/aromatic N) is 4. The maximum Gasteiger partial charge on any atom is 0.272 e. The fraction of sp³-hybridized carbons (Fsp3) is 0.231. The molecule has 0 spiro atoms. The normalized spacial score (nSPS) is 15.7. The molecule has 0 saturated carbocycles. The van der Waals surface area contributed by atoms with E-state index in [1.54, 1.807) is 6.20 Å². The predicted octanol–water partition coefficient (Wildman–Crippen LogP) is 8.34. The highest BCUT2D eigenvalue weighted by Gasteiger charge is 2.36. The zero-order valence-corrected chi connectivity index (χ0v) is 29.1. The molecule has 1 saturated heterocycles. The summed E-state index contributed by atoms with van der Waals surface area (Å²) in [6, 6.07) is 25.1. The van der Waals surface area contributed by atoms with E-state index in [0.717, 1.165) is 44.5 Å². The van der Waals surface area contributed by atoms with Crippen LogP contribution in [0.1, 0.15) is 54.3 Å². The van der Waals surface area contributed by atoms with Crippen LogP contribution in [0.25, 0.3) is 33.4 Å². The van der Waals surface area contributed by atoms with E-state index in [-0.39, 0.29) is 29.8 Å². The number of hydrogen-bond acceptors (Lipinski definition) is 5. The van der Waals surface area contributed by atoms with Gasteiger partial charge in [0, 0.05) is 63.3 Å². The molecule has 6 aromatic rings. The van der Waals surface area contributed by atoms with Gasteiger partial charge in [0.15, 0.2) is 5.82 Å². The van der Waals surface area contributed by atoms with Crippen LogP contribution < -0.4 is 15.5 Å². The summed E-state index contributed by atoms with van der Waals surface area (Å²) in [5, 5.41) is 8.33. The third kappa shape index (κ3) is 5.70. The Kier molecular flexibility index (Phi) is 8.33. The van der Waals surface area contributed by atoms with Crippen LogP contribution in [0.15, 0.2) is 91.4 Å². The van der Waals surface area contributed by atoms with E-state index in [1.807, 2.05) is 99.0 Å². The van der Waals surface area contributed by atoms with Gasteiger partial charge in [-0.3, -0.25) is 9.59 Å². The summed E-state index contributed by atoms with van der Waals surface area (Å²) < 4.78 is 2.12. The Labute approximate surface area is 299 Å². The molecule has 0 radical (unpaired) electrons. The second kappa shape index (κ2) is 13.0. The quantitative estimate of drug-likeness (QED) is 0.155. The maximum absolute atomic E-state index is 14.5. The number of benzene rings is 3. The minimum atomic E-state index is -0.310. The molecule has 3 aromatic heterocycles. The molecule has 8 rings (SSSR count). The zero-order chi connectivity index (χ0) is 34.5. The fourth-order valence-corrected chi connectivity index (χ4v) is 7.74. The first-order chi connectivity index (χ1) is 24.3. The highest BCUT2D eigenvalue weighted by molar-refractivity contribution is 6.32. The molecule has 11 heteroatoms. The number of halogens is 2. The van der Waals surface area contributed by atoms with Crippen molar-refractivity contribution in [3.63, 3.8) is 0 Å². The summed E-state index contributed by atoms with van der Waals surface area (Å²) in [5.41, 5.74) is 7.01. The number of rotatable bonds is 7. The number of hydrogen-bond donors (Lipinski definition) is 3. The summed E-state index contributed by atoms with van der Waals surface area (Å²) in [6.45, 7) is 5.25. The molecule has 50 heavy (non-hydrogen) atoms. The molecule has 3 N–H and O–H groups in total. The molecule has 1 atom stereocenters. The highest BCUT2D eigenvalue weighted by Crippen LogP contribution is 2.50. The number of H-pyrrole nitrogens is 1. The van der Waals surface area contributed by atoms with Crippen LogP contribution in [0, 0.1) is 5.92 Å². The minimum Gasteiger partial charge on any atom is -0.355 e. The third-order valence-electron chi connectivity index (χ3n) is 9.59. The Hall–Kier alpha value is -5.12. The lowest BCUT2D eigenvalue weighted by molar-refractivity contribution is -0.126. The van der Waals surface area contributed by atoms with Gasteiger partial charge in [-0.15, -0.1) is 0 Å². The van der Waals surface area contributed by atoms with Crippen molar-refractivity contribution in [3.05, 3.63) is 118 Å². The number of imidazole rings is 1. The summed E-state index contributed by atoms with van der Waals surface area (Å²) >= 11 is 13.1. The molecule has 0 aliphatic carbocycles. The lowest BCUT2D eigenvalue weighted by Crippen LogP contribution is -2.42. The molecule has 0 unspecified atom stereocenters. The molecular weight excluding hydrogens is 669 g/mol. The van der Waals surface area contributed by atoms with Crippen molar-refractivity contribution < 1.29 is 9.59 Å². The van der Waals surface area contributed by atoms with E-state index in [2.05, 4.69) is 30.1 Å². The van der Waals surface area contributed by atoms with Crippen LogP contribution >= 0.6 is 23.2 Å². The number of fused-ring (bicyclic) bond motifs is 2. The van der Waals surface area contributed by atoms with Crippen LogP contribution in [0.4, 0.5) is 11.5 Å². The lowest BCUT2D eigenvalue weighted by atomic mass is 9.88. The largest absolute Gasteiger partial charge is 0.355 e. The summed E-state index contributed by atoms with van der Waals surface area (Å²) in [4.78, 5) is 42.4. The average Bonchev–Trinajstić information content (AvgIpc) is 3.72.